The van der Waals surface area contributed by atoms with Crippen molar-refractivity contribution in [3.8, 4) is 6.07 Å². The summed E-state index contributed by atoms with van der Waals surface area (Å²) in [5, 5.41) is 16.3. The number of nitrogens with two attached hydrogens (primary N) is 1. The van der Waals surface area contributed by atoms with Gasteiger partial charge in [-0.05, 0) is 0 Å². The Labute approximate surface area is 63.4 Å². The molecule has 0 saturated heterocycles. The molecule has 60 valence electrons. The van der Waals surface area contributed by atoms with Crippen LogP contribution >= 0.6 is 0 Å². The lowest BCUT2D eigenvalue weighted by Crippen LogP contribution is -2.32. The molecule has 0 bridgehead atoms. The molecule has 0 aromatic carbocycles. The van der Waals surface area contributed by atoms with Gasteiger partial charge in [-0.25, -0.2) is 0 Å². The van der Waals surface area contributed by atoms with Gasteiger partial charge in [0.2, 0.25) is 0 Å². The predicted molar refractivity (Wildman–Crippen MR) is 35.5 cm³/mol. The third-order valence-electron chi connectivity index (χ3n) is 1.04. The van der Waals surface area contributed by atoms with Crippen LogP contribution in [0.25, 0.3) is 0 Å². The molecule has 0 rings (SSSR count). The molecule has 5 heteroatoms. The van der Waals surface area contributed by atoms with E-state index in [-0.39, 0.29) is 12.8 Å². The molecule has 0 aliphatic rings. The Morgan fingerprint density at radius 3 is 2.55 bits per heavy atom. The molecule has 3 N–H and O–H groups in total. The van der Waals surface area contributed by atoms with Crippen LogP contribution in [0.15, 0.2) is 0 Å². The van der Waals surface area contributed by atoms with Crippen LogP contribution in [0.3, 0.4) is 0 Å². The van der Waals surface area contributed by atoms with Gasteiger partial charge in [-0.2, -0.15) is 5.26 Å². The van der Waals surface area contributed by atoms with E-state index >= 15 is 0 Å². The Balaban J connectivity index is 3.77. The number of carbonyl (C=O) groups excluding carboxylic acids is 1. The number of carboxylic acids is 1. The van der Waals surface area contributed by atoms with Crippen LogP contribution in [0.5, 0.6) is 0 Å². The SMILES string of the molecule is N#CCC(=O)CC(N)C(=O)O. The summed E-state index contributed by atoms with van der Waals surface area (Å²) in [5.41, 5.74) is 5.02. The van der Waals surface area contributed by atoms with E-state index in [1.54, 1.807) is 6.07 Å². The maximum absolute atomic E-state index is 10.6. The molecule has 0 aliphatic heterocycles. The van der Waals surface area contributed by atoms with Gasteiger partial charge in [-0.3, -0.25) is 9.59 Å². The Morgan fingerprint density at radius 1 is 1.64 bits per heavy atom. The summed E-state index contributed by atoms with van der Waals surface area (Å²) in [6, 6.07) is 0.429. The van der Waals surface area contributed by atoms with Crippen molar-refractivity contribution in [3.63, 3.8) is 0 Å². The zero-order valence-corrected chi connectivity index (χ0v) is 5.78. The number of nitrogens with zero attached hydrogens (tertiary/aromatic N) is 1. The molecular weight excluding hydrogens is 148 g/mol. The molecule has 0 amide bonds. The van der Waals surface area contributed by atoms with Crippen LogP contribution in [0.2, 0.25) is 0 Å². The molecule has 0 saturated carbocycles. The topological polar surface area (TPSA) is 104 Å². The number of aliphatic carboxylic acids is 1. The van der Waals surface area contributed by atoms with Gasteiger partial charge < -0.3 is 10.8 Å². The van der Waals surface area contributed by atoms with Crippen molar-refractivity contribution in [3.05, 3.63) is 0 Å². The Kier molecular flexibility index (Phi) is 3.85. The molecule has 5 nitrogen and oxygen atoms in total. The lowest BCUT2D eigenvalue weighted by Gasteiger charge is -2.01. The standard InChI is InChI=1S/C6H8N2O3/c7-2-1-4(9)3-5(8)6(10)11/h5H,1,3,8H2,(H,10,11). The molecule has 0 aromatic rings. The van der Waals surface area contributed by atoms with Crippen LogP contribution in [0.1, 0.15) is 12.8 Å². The van der Waals surface area contributed by atoms with Crippen molar-refractivity contribution < 1.29 is 14.7 Å². The number of carboxylic acid groups (broad SMARTS) is 1. The maximum Gasteiger partial charge on any atom is 0.320 e. The van der Waals surface area contributed by atoms with Crippen molar-refractivity contribution in [2.24, 2.45) is 5.73 Å². The van der Waals surface area contributed by atoms with Gasteiger partial charge in [0.15, 0.2) is 0 Å². The Bertz CT molecular complexity index is 206. The first kappa shape index (κ1) is 9.59. The second-order valence-corrected chi connectivity index (χ2v) is 2.02. The molecule has 0 fully saturated rings. The van der Waals surface area contributed by atoms with Gasteiger partial charge in [0, 0.05) is 6.42 Å². The summed E-state index contributed by atoms with van der Waals surface area (Å²) >= 11 is 0. The average Bonchev–Trinajstić information content (AvgIpc) is 1.87. The zero-order chi connectivity index (χ0) is 8.85. The molecule has 1 unspecified atom stereocenters. The molecule has 0 aromatic heterocycles. The van der Waals surface area contributed by atoms with Crippen molar-refractivity contribution >= 4 is 11.8 Å². The van der Waals surface area contributed by atoms with Gasteiger partial charge in [-0.1, -0.05) is 0 Å². The van der Waals surface area contributed by atoms with E-state index in [4.69, 9.17) is 16.1 Å². The summed E-state index contributed by atoms with van der Waals surface area (Å²) in [4.78, 5) is 20.7. The zero-order valence-electron chi connectivity index (χ0n) is 5.78. The quantitative estimate of drug-likeness (QED) is 0.558. The van der Waals surface area contributed by atoms with E-state index in [0.717, 1.165) is 0 Å². The average molecular weight is 156 g/mol. The van der Waals surface area contributed by atoms with Crippen LogP contribution in [0, 0.1) is 11.3 Å². The third-order valence-corrected chi connectivity index (χ3v) is 1.04. The Hall–Kier alpha value is -1.41. The van der Waals surface area contributed by atoms with Crippen LogP contribution in [-0.4, -0.2) is 22.9 Å². The third kappa shape index (κ3) is 4.06. The number of rotatable bonds is 4. The van der Waals surface area contributed by atoms with Crippen LogP contribution in [-0.2, 0) is 9.59 Å². The second-order valence-electron chi connectivity index (χ2n) is 2.02. The molecule has 11 heavy (non-hydrogen) atoms. The highest BCUT2D eigenvalue weighted by atomic mass is 16.4. The highest BCUT2D eigenvalue weighted by molar-refractivity contribution is 5.86. The van der Waals surface area contributed by atoms with Crippen LogP contribution in [0.4, 0.5) is 0 Å². The summed E-state index contributed by atoms with van der Waals surface area (Å²) in [5.74, 6) is -1.67. The highest BCUT2D eigenvalue weighted by Gasteiger charge is 2.15. The number of ketones is 1. The lowest BCUT2D eigenvalue weighted by molar-refractivity contribution is -0.140. The monoisotopic (exact) mass is 156 g/mol. The summed E-state index contributed by atoms with van der Waals surface area (Å²) < 4.78 is 0. The second kappa shape index (κ2) is 4.41. The molecule has 0 radical (unpaired) electrons. The van der Waals surface area contributed by atoms with Gasteiger partial charge in [-0.15, -0.1) is 0 Å². The number of Topliss-reactive ketones (excluding diaryl/α,β-unsaturated/α-hetero) is 1. The molecule has 0 spiro atoms. The summed E-state index contributed by atoms with van der Waals surface area (Å²) in [7, 11) is 0. The van der Waals surface area contributed by atoms with E-state index in [1.807, 2.05) is 0 Å². The van der Waals surface area contributed by atoms with Gasteiger partial charge in [0.1, 0.15) is 11.8 Å². The van der Waals surface area contributed by atoms with E-state index in [2.05, 4.69) is 0 Å². The van der Waals surface area contributed by atoms with Crippen molar-refractivity contribution in [1.29, 1.82) is 5.26 Å². The largest absolute Gasteiger partial charge is 0.480 e. The normalized spacial score (nSPS) is 11.6. The van der Waals surface area contributed by atoms with Gasteiger partial charge in [0.25, 0.3) is 0 Å². The minimum Gasteiger partial charge on any atom is -0.480 e. The first-order valence-electron chi connectivity index (χ1n) is 2.95. The molecule has 0 aliphatic carbocycles. The first-order valence-corrected chi connectivity index (χ1v) is 2.95. The molecule has 1 atom stereocenters. The molecular formula is C6H8N2O3. The number of hydrogen-bond acceptors (Lipinski definition) is 4. The van der Waals surface area contributed by atoms with E-state index in [9.17, 15) is 9.59 Å². The number of carbonyl (C=O) groups is 2. The van der Waals surface area contributed by atoms with Gasteiger partial charge >= 0.3 is 5.97 Å². The van der Waals surface area contributed by atoms with Crippen LogP contribution < -0.4 is 5.73 Å². The number of nitriles is 1. The summed E-state index contributed by atoms with van der Waals surface area (Å²) in [6.45, 7) is 0. The van der Waals surface area contributed by atoms with E-state index in [0.29, 0.717) is 0 Å². The minimum absolute atomic E-state index is 0.275. The fourth-order valence-electron chi connectivity index (χ4n) is 0.493. The minimum atomic E-state index is -1.23. The van der Waals surface area contributed by atoms with Crippen molar-refractivity contribution in [1.82, 2.24) is 0 Å². The van der Waals surface area contributed by atoms with Crippen molar-refractivity contribution in [2.75, 3.05) is 0 Å². The predicted octanol–water partition coefficient (Wildman–Crippen LogP) is -0.729. The van der Waals surface area contributed by atoms with Gasteiger partial charge in [0.05, 0.1) is 12.5 Å². The highest BCUT2D eigenvalue weighted by Crippen LogP contribution is 1.93. The number of hydrogen-bond donors (Lipinski definition) is 2. The van der Waals surface area contributed by atoms with E-state index in [1.165, 1.54) is 0 Å². The fourth-order valence-corrected chi connectivity index (χ4v) is 0.493. The smallest absolute Gasteiger partial charge is 0.320 e. The molecule has 0 heterocycles. The van der Waals surface area contributed by atoms with Crippen molar-refractivity contribution in [2.45, 2.75) is 18.9 Å². The Morgan fingerprint density at radius 2 is 2.18 bits per heavy atom. The fraction of sp³-hybridized carbons (Fsp3) is 0.500. The lowest BCUT2D eigenvalue weighted by atomic mass is 10.1. The maximum atomic E-state index is 10.6. The summed E-state index contributed by atoms with van der Waals surface area (Å²) in [6.07, 6.45) is -0.552. The van der Waals surface area contributed by atoms with E-state index < -0.39 is 17.8 Å². The first-order chi connectivity index (χ1) is 5.07.